The highest BCUT2D eigenvalue weighted by Gasteiger charge is 2.26. The standard InChI is InChI=1S/C10H14N2O2S/c1-7-5-14-4-3-12(7)10(13)9-8(2)11-6-15-9/h6-7H,3-5H2,1-2H3. The van der Waals surface area contributed by atoms with Gasteiger partial charge in [0.2, 0.25) is 0 Å². The third-order valence-corrected chi connectivity index (χ3v) is 3.48. The summed E-state index contributed by atoms with van der Waals surface area (Å²) in [6.45, 7) is 5.82. The van der Waals surface area contributed by atoms with Crippen LogP contribution < -0.4 is 0 Å². The number of nitrogens with zero attached hydrogens (tertiary/aromatic N) is 2. The quantitative estimate of drug-likeness (QED) is 0.725. The largest absolute Gasteiger partial charge is 0.377 e. The van der Waals surface area contributed by atoms with E-state index < -0.39 is 0 Å². The molecule has 1 aromatic rings. The van der Waals surface area contributed by atoms with Gasteiger partial charge in [0.15, 0.2) is 0 Å². The monoisotopic (exact) mass is 226 g/mol. The third kappa shape index (κ3) is 2.03. The number of aryl methyl sites for hydroxylation is 1. The lowest BCUT2D eigenvalue weighted by Gasteiger charge is -2.33. The van der Waals surface area contributed by atoms with E-state index in [0.717, 1.165) is 10.6 Å². The first kappa shape index (κ1) is 10.6. The Kier molecular flexibility index (Phi) is 3.02. The van der Waals surface area contributed by atoms with Crippen LogP contribution in [0.4, 0.5) is 0 Å². The van der Waals surface area contributed by atoms with Crippen molar-refractivity contribution in [3.8, 4) is 0 Å². The first-order valence-corrected chi connectivity index (χ1v) is 5.87. The lowest BCUT2D eigenvalue weighted by Crippen LogP contribution is -2.47. The van der Waals surface area contributed by atoms with Gasteiger partial charge in [0.25, 0.3) is 5.91 Å². The molecule has 1 amide bonds. The molecule has 2 heterocycles. The summed E-state index contributed by atoms with van der Waals surface area (Å²) in [5, 5.41) is 0. The van der Waals surface area contributed by atoms with Crippen molar-refractivity contribution < 1.29 is 9.53 Å². The molecule has 1 aliphatic heterocycles. The van der Waals surface area contributed by atoms with Gasteiger partial charge in [0.05, 0.1) is 30.5 Å². The van der Waals surface area contributed by atoms with Gasteiger partial charge in [-0.3, -0.25) is 4.79 Å². The second kappa shape index (κ2) is 4.28. The number of morpholine rings is 1. The molecule has 2 rings (SSSR count). The second-order valence-electron chi connectivity index (χ2n) is 3.69. The van der Waals surface area contributed by atoms with Crippen LogP contribution in [0.2, 0.25) is 0 Å². The fourth-order valence-corrected chi connectivity index (χ4v) is 2.42. The van der Waals surface area contributed by atoms with E-state index in [1.165, 1.54) is 11.3 Å². The number of hydrogen-bond donors (Lipinski definition) is 0. The zero-order valence-electron chi connectivity index (χ0n) is 8.90. The van der Waals surface area contributed by atoms with E-state index in [4.69, 9.17) is 4.74 Å². The summed E-state index contributed by atoms with van der Waals surface area (Å²) in [6.07, 6.45) is 0. The maximum Gasteiger partial charge on any atom is 0.266 e. The summed E-state index contributed by atoms with van der Waals surface area (Å²) in [4.78, 5) is 18.8. The number of ether oxygens (including phenoxy) is 1. The fraction of sp³-hybridized carbons (Fsp3) is 0.600. The van der Waals surface area contributed by atoms with Crippen LogP contribution in [0, 0.1) is 6.92 Å². The van der Waals surface area contributed by atoms with Crippen LogP contribution in [0.5, 0.6) is 0 Å². The number of rotatable bonds is 1. The maximum atomic E-state index is 12.1. The van der Waals surface area contributed by atoms with Crippen LogP contribution in [0.25, 0.3) is 0 Å². The Labute approximate surface area is 92.9 Å². The smallest absolute Gasteiger partial charge is 0.266 e. The van der Waals surface area contributed by atoms with Gasteiger partial charge in [-0.05, 0) is 13.8 Å². The van der Waals surface area contributed by atoms with Crippen LogP contribution in [-0.4, -0.2) is 41.6 Å². The van der Waals surface area contributed by atoms with Gasteiger partial charge < -0.3 is 9.64 Å². The highest BCUT2D eigenvalue weighted by Crippen LogP contribution is 2.18. The summed E-state index contributed by atoms with van der Waals surface area (Å²) in [6, 6.07) is 0.160. The molecule has 5 heteroatoms. The van der Waals surface area contributed by atoms with Crippen molar-refractivity contribution in [1.82, 2.24) is 9.88 Å². The summed E-state index contributed by atoms with van der Waals surface area (Å²) in [5.74, 6) is 0.0887. The third-order valence-electron chi connectivity index (χ3n) is 2.57. The molecule has 15 heavy (non-hydrogen) atoms. The number of thiazole rings is 1. The maximum absolute atomic E-state index is 12.1. The Bertz CT molecular complexity index is 364. The van der Waals surface area contributed by atoms with Gasteiger partial charge >= 0.3 is 0 Å². The molecule has 0 saturated carbocycles. The molecule has 0 bridgehead atoms. The highest BCUT2D eigenvalue weighted by molar-refractivity contribution is 7.11. The van der Waals surface area contributed by atoms with Gasteiger partial charge in [0.1, 0.15) is 4.88 Å². The van der Waals surface area contributed by atoms with Crippen LogP contribution in [0.3, 0.4) is 0 Å². The van der Waals surface area contributed by atoms with Crippen LogP contribution in [-0.2, 0) is 4.74 Å². The molecule has 1 fully saturated rings. The summed E-state index contributed by atoms with van der Waals surface area (Å²) < 4.78 is 5.30. The molecule has 0 spiro atoms. The van der Waals surface area contributed by atoms with Crippen LogP contribution >= 0.6 is 11.3 Å². The average molecular weight is 226 g/mol. The highest BCUT2D eigenvalue weighted by atomic mass is 32.1. The van der Waals surface area contributed by atoms with Gasteiger partial charge in [-0.25, -0.2) is 4.98 Å². The van der Waals surface area contributed by atoms with Crippen molar-refractivity contribution in [2.24, 2.45) is 0 Å². The number of carbonyl (C=O) groups excluding carboxylic acids is 1. The molecule has 1 saturated heterocycles. The fourth-order valence-electron chi connectivity index (χ4n) is 1.67. The molecule has 0 aliphatic carbocycles. The molecule has 1 aromatic heterocycles. The SMILES string of the molecule is Cc1ncsc1C(=O)N1CCOCC1C. The van der Waals surface area contributed by atoms with E-state index >= 15 is 0 Å². The number of hydrogen-bond acceptors (Lipinski definition) is 4. The van der Waals surface area contributed by atoms with Gasteiger partial charge in [-0.2, -0.15) is 0 Å². The van der Waals surface area contributed by atoms with E-state index in [9.17, 15) is 4.79 Å². The van der Waals surface area contributed by atoms with Crippen LogP contribution in [0.15, 0.2) is 5.51 Å². The first-order valence-electron chi connectivity index (χ1n) is 4.99. The van der Waals surface area contributed by atoms with Crippen LogP contribution in [0.1, 0.15) is 22.3 Å². The Balaban J connectivity index is 2.17. The number of carbonyl (C=O) groups is 1. The predicted octanol–water partition coefficient (Wildman–Crippen LogP) is 1.31. The number of aromatic nitrogens is 1. The first-order chi connectivity index (χ1) is 7.20. The van der Waals surface area contributed by atoms with Crippen molar-refractivity contribution in [1.29, 1.82) is 0 Å². The second-order valence-corrected chi connectivity index (χ2v) is 4.54. The normalized spacial score (nSPS) is 21.7. The molecule has 82 valence electrons. The van der Waals surface area contributed by atoms with Crippen molar-refractivity contribution in [3.05, 3.63) is 16.1 Å². The molecule has 1 aliphatic rings. The predicted molar refractivity (Wildman–Crippen MR) is 58.2 cm³/mol. The molecule has 4 nitrogen and oxygen atoms in total. The lowest BCUT2D eigenvalue weighted by atomic mass is 10.2. The molecular weight excluding hydrogens is 212 g/mol. The van der Waals surface area contributed by atoms with Crippen molar-refractivity contribution in [2.45, 2.75) is 19.9 Å². The van der Waals surface area contributed by atoms with Gasteiger partial charge in [0, 0.05) is 6.54 Å². The van der Waals surface area contributed by atoms with Crippen molar-refractivity contribution >= 4 is 17.2 Å². The Morgan fingerprint density at radius 2 is 2.53 bits per heavy atom. The van der Waals surface area contributed by atoms with E-state index in [2.05, 4.69) is 4.98 Å². The molecular formula is C10H14N2O2S. The topological polar surface area (TPSA) is 42.4 Å². The minimum absolute atomic E-state index is 0.0887. The molecule has 1 unspecified atom stereocenters. The zero-order valence-corrected chi connectivity index (χ0v) is 9.71. The van der Waals surface area contributed by atoms with Crippen molar-refractivity contribution in [2.75, 3.05) is 19.8 Å². The van der Waals surface area contributed by atoms with E-state index in [1.807, 2.05) is 18.7 Å². The molecule has 1 atom stereocenters. The molecule has 0 N–H and O–H groups in total. The van der Waals surface area contributed by atoms with E-state index in [-0.39, 0.29) is 11.9 Å². The summed E-state index contributed by atoms with van der Waals surface area (Å²) in [5.41, 5.74) is 2.54. The Morgan fingerprint density at radius 3 is 3.13 bits per heavy atom. The van der Waals surface area contributed by atoms with Gasteiger partial charge in [-0.1, -0.05) is 0 Å². The Morgan fingerprint density at radius 1 is 1.73 bits per heavy atom. The lowest BCUT2D eigenvalue weighted by molar-refractivity contribution is 0.00381. The minimum Gasteiger partial charge on any atom is -0.377 e. The Hall–Kier alpha value is -0.940. The molecule has 0 radical (unpaired) electrons. The zero-order chi connectivity index (χ0) is 10.8. The molecule has 0 aromatic carbocycles. The average Bonchev–Trinajstić information content (AvgIpc) is 2.64. The minimum atomic E-state index is 0.0887. The van der Waals surface area contributed by atoms with Crippen molar-refractivity contribution in [3.63, 3.8) is 0 Å². The van der Waals surface area contributed by atoms with Gasteiger partial charge in [-0.15, -0.1) is 11.3 Å². The van der Waals surface area contributed by atoms with E-state index in [1.54, 1.807) is 5.51 Å². The summed E-state index contributed by atoms with van der Waals surface area (Å²) in [7, 11) is 0. The van der Waals surface area contributed by atoms with E-state index in [0.29, 0.717) is 19.8 Å². The number of amides is 1. The summed E-state index contributed by atoms with van der Waals surface area (Å²) >= 11 is 1.41.